The van der Waals surface area contributed by atoms with Gasteiger partial charge in [-0.3, -0.25) is 14.3 Å². The number of hydrogen-bond donors (Lipinski definition) is 0. The van der Waals surface area contributed by atoms with Crippen molar-refractivity contribution < 1.29 is 9.13 Å². The Morgan fingerprint density at radius 3 is 2.66 bits per heavy atom. The number of para-hydroxylation sites is 1. The maximum atomic E-state index is 13.4. The third-order valence-corrected chi connectivity index (χ3v) is 5.68. The number of likely N-dealkylation sites (tertiary alicyclic amines) is 1. The molecule has 0 amide bonds. The van der Waals surface area contributed by atoms with Crippen LogP contribution >= 0.6 is 0 Å². The van der Waals surface area contributed by atoms with Gasteiger partial charge in [0, 0.05) is 19.2 Å². The summed E-state index contributed by atoms with van der Waals surface area (Å²) in [6.45, 7) is 6.08. The summed E-state index contributed by atoms with van der Waals surface area (Å²) in [5, 5.41) is 0.479. The Morgan fingerprint density at radius 2 is 1.90 bits per heavy atom. The normalized spacial score (nSPS) is 15.7. The number of aryl methyl sites for hydroxylation is 1. The molecule has 29 heavy (non-hydrogen) atoms. The van der Waals surface area contributed by atoms with E-state index in [4.69, 9.17) is 4.74 Å². The molecule has 4 rings (SSSR count). The maximum absolute atomic E-state index is 13.4. The highest BCUT2D eigenvalue weighted by Gasteiger charge is 2.21. The summed E-state index contributed by atoms with van der Waals surface area (Å²) in [5.41, 5.74) is 0.350. The van der Waals surface area contributed by atoms with Crippen molar-refractivity contribution in [2.75, 3.05) is 26.2 Å². The molecule has 2 heterocycles. The summed E-state index contributed by atoms with van der Waals surface area (Å²) in [5.74, 6) is 1.62. The van der Waals surface area contributed by atoms with Crippen molar-refractivity contribution in [3.63, 3.8) is 0 Å². The maximum Gasteiger partial charge on any atom is 0.261 e. The van der Waals surface area contributed by atoms with E-state index in [1.807, 2.05) is 37.3 Å². The van der Waals surface area contributed by atoms with Crippen molar-refractivity contribution in [2.45, 2.75) is 26.3 Å². The molecule has 0 radical (unpaired) electrons. The van der Waals surface area contributed by atoms with Crippen molar-refractivity contribution in [2.24, 2.45) is 5.92 Å². The van der Waals surface area contributed by atoms with Gasteiger partial charge in [-0.1, -0.05) is 18.2 Å². The summed E-state index contributed by atoms with van der Waals surface area (Å²) in [7, 11) is 0. The molecule has 152 valence electrons. The molecule has 0 spiro atoms. The fraction of sp³-hybridized carbons (Fsp3) is 0.391. The zero-order valence-corrected chi connectivity index (χ0v) is 16.7. The van der Waals surface area contributed by atoms with Gasteiger partial charge in [0.2, 0.25) is 0 Å². The van der Waals surface area contributed by atoms with Crippen LogP contribution in [0.25, 0.3) is 10.9 Å². The molecule has 0 N–H and O–H groups in total. The molecule has 0 unspecified atom stereocenters. The van der Waals surface area contributed by atoms with Crippen molar-refractivity contribution in [3.8, 4) is 5.75 Å². The van der Waals surface area contributed by atoms with Crippen LogP contribution < -0.4 is 10.3 Å². The van der Waals surface area contributed by atoms with Gasteiger partial charge in [-0.25, -0.2) is 9.37 Å². The SMILES string of the molecule is Cc1nc2cc(F)ccc2c(=O)n1CC1CCN(CCOc2ccccc2)CC1. The van der Waals surface area contributed by atoms with E-state index in [1.54, 1.807) is 4.57 Å². The highest BCUT2D eigenvalue weighted by molar-refractivity contribution is 5.77. The molecule has 2 aromatic carbocycles. The molecule has 1 aliphatic heterocycles. The van der Waals surface area contributed by atoms with Crippen LogP contribution in [0.3, 0.4) is 0 Å². The van der Waals surface area contributed by atoms with Gasteiger partial charge >= 0.3 is 0 Å². The molecular formula is C23H26FN3O2. The van der Waals surface area contributed by atoms with Gasteiger partial charge in [-0.2, -0.15) is 0 Å². The lowest BCUT2D eigenvalue weighted by atomic mass is 9.96. The zero-order chi connectivity index (χ0) is 20.2. The molecule has 3 aromatic rings. The topological polar surface area (TPSA) is 47.4 Å². The van der Waals surface area contributed by atoms with Crippen LogP contribution in [0, 0.1) is 18.7 Å². The first kappa shape index (κ1) is 19.6. The molecule has 1 aliphatic rings. The summed E-state index contributed by atoms with van der Waals surface area (Å²) in [6.07, 6.45) is 2.08. The predicted molar refractivity (Wildman–Crippen MR) is 112 cm³/mol. The van der Waals surface area contributed by atoms with Gasteiger partial charge in [0.1, 0.15) is 24.0 Å². The van der Waals surface area contributed by atoms with Gasteiger partial charge < -0.3 is 4.74 Å². The van der Waals surface area contributed by atoms with E-state index in [0.717, 1.165) is 38.2 Å². The van der Waals surface area contributed by atoms with Crippen molar-refractivity contribution in [1.82, 2.24) is 14.5 Å². The van der Waals surface area contributed by atoms with E-state index in [0.29, 0.717) is 35.8 Å². The average molecular weight is 395 g/mol. The molecule has 5 nitrogen and oxygen atoms in total. The first-order valence-corrected chi connectivity index (χ1v) is 10.2. The average Bonchev–Trinajstić information content (AvgIpc) is 2.73. The summed E-state index contributed by atoms with van der Waals surface area (Å²) in [4.78, 5) is 19.7. The Labute approximate surface area is 169 Å². The fourth-order valence-electron chi connectivity index (χ4n) is 3.98. The van der Waals surface area contributed by atoms with E-state index >= 15 is 0 Å². The molecular weight excluding hydrogens is 369 g/mol. The van der Waals surface area contributed by atoms with Crippen LogP contribution in [-0.2, 0) is 6.54 Å². The number of halogens is 1. The second kappa shape index (κ2) is 8.74. The quantitative estimate of drug-likeness (QED) is 0.639. The Morgan fingerprint density at radius 1 is 1.14 bits per heavy atom. The Hall–Kier alpha value is -2.73. The van der Waals surface area contributed by atoms with Crippen LogP contribution in [0.2, 0.25) is 0 Å². The van der Waals surface area contributed by atoms with E-state index in [2.05, 4.69) is 9.88 Å². The summed E-state index contributed by atoms with van der Waals surface area (Å²) < 4.78 is 21.0. The smallest absolute Gasteiger partial charge is 0.261 e. The van der Waals surface area contributed by atoms with E-state index in [9.17, 15) is 9.18 Å². The molecule has 0 aliphatic carbocycles. The van der Waals surface area contributed by atoms with Gasteiger partial charge in [-0.15, -0.1) is 0 Å². The first-order valence-electron chi connectivity index (χ1n) is 10.2. The van der Waals surface area contributed by atoms with Crippen molar-refractivity contribution >= 4 is 10.9 Å². The van der Waals surface area contributed by atoms with Gasteiger partial charge in [0.25, 0.3) is 5.56 Å². The van der Waals surface area contributed by atoms with E-state index in [-0.39, 0.29) is 11.4 Å². The van der Waals surface area contributed by atoms with Gasteiger partial charge in [0.15, 0.2) is 0 Å². The number of fused-ring (bicyclic) bond motifs is 1. The van der Waals surface area contributed by atoms with E-state index < -0.39 is 0 Å². The van der Waals surface area contributed by atoms with Crippen molar-refractivity contribution in [1.29, 1.82) is 0 Å². The van der Waals surface area contributed by atoms with Crippen molar-refractivity contribution in [3.05, 3.63) is 70.5 Å². The standard InChI is InChI=1S/C23H26FN3O2/c1-17-25-22-15-19(24)7-8-21(22)23(28)27(17)16-18-9-11-26(12-10-18)13-14-29-20-5-3-2-4-6-20/h2-8,15,18H,9-14,16H2,1H3. The molecule has 1 aromatic heterocycles. The minimum atomic E-state index is -0.370. The van der Waals surface area contributed by atoms with Gasteiger partial charge in [0.05, 0.1) is 10.9 Å². The summed E-state index contributed by atoms with van der Waals surface area (Å²) >= 11 is 0. The second-order valence-electron chi connectivity index (χ2n) is 7.68. The minimum absolute atomic E-state index is 0.0776. The summed E-state index contributed by atoms with van der Waals surface area (Å²) in [6, 6.07) is 14.0. The fourth-order valence-corrected chi connectivity index (χ4v) is 3.98. The second-order valence-corrected chi connectivity index (χ2v) is 7.68. The van der Waals surface area contributed by atoms with Crippen LogP contribution in [0.15, 0.2) is 53.3 Å². The lowest BCUT2D eigenvalue weighted by molar-refractivity contribution is 0.147. The van der Waals surface area contributed by atoms with E-state index in [1.165, 1.54) is 18.2 Å². The largest absolute Gasteiger partial charge is 0.492 e. The third kappa shape index (κ3) is 4.65. The lowest BCUT2D eigenvalue weighted by Gasteiger charge is -2.32. The first-order chi connectivity index (χ1) is 14.1. The van der Waals surface area contributed by atoms with Crippen LogP contribution in [-0.4, -0.2) is 40.7 Å². The predicted octanol–water partition coefficient (Wildman–Crippen LogP) is 3.64. The number of piperidine rings is 1. The number of benzene rings is 2. The molecule has 0 bridgehead atoms. The Kier molecular flexibility index (Phi) is 5.90. The highest BCUT2D eigenvalue weighted by Crippen LogP contribution is 2.20. The zero-order valence-electron chi connectivity index (χ0n) is 16.7. The molecule has 1 saturated heterocycles. The Bertz CT molecular complexity index is 1030. The highest BCUT2D eigenvalue weighted by atomic mass is 19.1. The molecule has 0 saturated carbocycles. The molecule has 1 fully saturated rings. The van der Waals surface area contributed by atoms with Crippen LogP contribution in [0.1, 0.15) is 18.7 Å². The minimum Gasteiger partial charge on any atom is -0.492 e. The number of hydrogen-bond acceptors (Lipinski definition) is 4. The van der Waals surface area contributed by atoms with Crippen LogP contribution in [0.5, 0.6) is 5.75 Å². The van der Waals surface area contributed by atoms with Gasteiger partial charge in [-0.05, 0) is 63.0 Å². The number of nitrogens with zero attached hydrogens (tertiary/aromatic N) is 3. The lowest BCUT2D eigenvalue weighted by Crippen LogP contribution is -2.38. The number of ether oxygens (including phenoxy) is 1. The molecule has 6 heteroatoms. The van der Waals surface area contributed by atoms with Crippen LogP contribution in [0.4, 0.5) is 4.39 Å². The number of aromatic nitrogens is 2. The number of rotatable bonds is 6. The molecule has 0 atom stereocenters. The monoisotopic (exact) mass is 395 g/mol. The Balaban J connectivity index is 1.33. The third-order valence-electron chi connectivity index (χ3n) is 5.68.